The van der Waals surface area contributed by atoms with Gasteiger partial charge in [-0.3, -0.25) is 9.59 Å². The summed E-state index contributed by atoms with van der Waals surface area (Å²) in [4.78, 5) is 29.7. The summed E-state index contributed by atoms with van der Waals surface area (Å²) in [6, 6.07) is 14.1. The number of anilines is 1. The minimum atomic E-state index is -0.584. The van der Waals surface area contributed by atoms with Gasteiger partial charge in [0.1, 0.15) is 11.6 Å². The van der Waals surface area contributed by atoms with Crippen molar-refractivity contribution in [2.45, 2.75) is 13.3 Å². The number of nitrogens with one attached hydrogen (secondary N) is 1. The van der Waals surface area contributed by atoms with Crippen LogP contribution in [-0.2, 0) is 11.2 Å². The SMILES string of the molecule is CCc1nc2ccc(Br)cc2c(=O)n1N=Cc1cc(Cl)c(OCC(=O)Nc2ccccc2F)c(Cl)c1. The number of carbonyl (C=O) groups excluding carboxylic acids is 1. The average Bonchev–Trinajstić information content (AvgIpc) is 2.84. The van der Waals surface area contributed by atoms with Gasteiger partial charge in [-0.2, -0.15) is 9.78 Å². The van der Waals surface area contributed by atoms with Crippen LogP contribution in [0.15, 0.2) is 69.0 Å². The van der Waals surface area contributed by atoms with Gasteiger partial charge in [-0.05, 0) is 48.0 Å². The van der Waals surface area contributed by atoms with Crippen molar-refractivity contribution in [3.05, 3.63) is 96.7 Å². The van der Waals surface area contributed by atoms with E-state index in [1.54, 1.807) is 18.2 Å². The number of aromatic nitrogens is 2. The number of hydrogen-bond acceptors (Lipinski definition) is 5. The first-order valence-corrected chi connectivity index (χ1v) is 12.2. The van der Waals surface area contributed by atoms with Gasteiger partial charge in [0.05, 0.1) is 32.9 Å². The molecule has 0 aliphatic rings. The molecule has 1 N–H and O–H groups in total. The Morgan fingerprint density at radius 2 is 1.92 bits per heavy atom. The zero-order valence-electron chi connectivity index (χ0n) is 18.8. The van der Waals surface area contributed by atoms with E-state index >= 15 is 0 Å². The van der Waals surface area contributed by atoms with Crippen LogP contribution >= 0.6 is 39.1 Å². The van der Waals surface area contributed by atoms with Crippen LogP contribution in [0.5, 0.6) is 5.75 Å². The molecule has 0 aliphatic heterocycles. The number of ether oxygens (including phenoxy) is 1. The Kier molecular flexibility index (Phi) is 8.03. The van der Waals surface area contributed by atoms with E-state index < -0.39 is 18.3 Å². The molecule has 1 heterocycles. The Bertz CT molecular complexity index is 1540. The van der Waals surface area contributed by atoms with Gasteiger partial charge in [0.25, 0.3) is 11.5 Å². The maximum atomic E-state index is 13.7. The highest BCUT2D eigenvalue weighted by Gasteiger charge is 2.14. The molecule has 36 heavy (non-hydrogen) atoms. The van der Waals surface area contributed by atoms with Crippen molar-refractivity contribution in [1.82, 2.24) is 9.66 Å². The maximum Gasteiger partial charge on any atom is 0.282 e. The third-order valence-electron chi connectivity index (χ3n) is 5.03. The predicted molar refractivity (Wildman–Crippen MR) is 143 cm³/mol. The Morgan fingerprint density at radius 1 is 1.19 bits per heavy atom. The summed E-state index contributed by atoms with van der Waals surface area (Å²) in [5, 5.41) is 7.41. The second kappa shape index (κ2) is 11.2. The van der Waals surface area contributed by atoms with Crippen molar-refractivity contribution in [1.29, 1.82) is 0 Å². The summed E-state index contributed by atoms with van der Waals surface area (Å²) in [6.07, 6.45) is 1.92. The van der Waals surface area contributed by atoms with Crippen LogP contribution in [0.1, 0.15) is 18.3 Å². The van der Waals surface area contributed by atoms with E-state index in [4.69, 9.17) is 27.9 Å². The van der Waals surface area contributed by atoms with E-state index in [2.05, 4.69) is 31.3 Å². The molecule has 11 heteroatoms. The molecular weight excluding hydrogens is 574 g/mol. The van der Waals surface area contributed by atoms with E-state index in [9.17, 15) is 14.0 Å². The molecule has 1 amide bonds. The van der Waals surface area contributed by atoms with Crippen molar-refractivity contribution >= 4 is 67.8 Å². The van der Waals surface area contributed by atoms with Crippen LogP contribution in [0.25, 0.3) is 10.9 Å². The van der Waals surface area contributed by atoms with Gasteiger partial charge in [0, 0.05) is 10.9 Å². The van der Waals surface area contributed by atoms with Gasteiger partial charge >= 0.3 is 0 Å². The molecule has 0 aliphatic carbocycles. The fourth-order valence-electron chi connectivity index (χ4n) is 3.35. The number of aryl methyl sites for hydroxylation is 1. The molecule has 0 bridgehead atoms. The molecule has 4 rings (SSSR count). The Morgan fingerprint density at radius 3 is 2.61 bits per heavy atom. The van der Waals surface area contributed by atoms with E-state index in [1.165, 1.54) is 41.2 Å². The highest BCUT2D eigenvalue weighted by molar-refractivity contribution is 9.10. The number of fused-ring (bicyclic) bond motifs is 1. The number of amides is 1. The number of nitrogens with zero attached hydrogens (tertiary/aromatic N) is 3. The predicted octanol–water partition coefficient (Wildman–Crippen LogP) is 6.07. The molecule has 0 saturated heterocycles. The van der Waals surface area contributed by atoms with Gasteiger partial charge in [0.15, 0.2) is 12.4 Å². The van der Waals surface area contributed by atoms with Crippen LogP contribution in [0.3, 0.4) is 0 Å². The molecule has 0 fully saturated rings. The zero-order valence-corrected chi connectivity index (χ0v) is 21.9. The van der Waals surface area contributed by atoms with Crippen LogP contribution in [0, 0.1) is 5.82 Å². The van der Waals surface area contributed by atoms with Gasteiger partial charge in [-0.25, -0.2) is 9.37 Å². The standard InChI is InChI=1S/C25H18BrCl2FN4O3/c1-2-22-31-20-8-7-15(26)11-16(20)25(35)33(22)30-12-14-9-17(27)24(18(28)10-14)36-13-23(34)32-21-6-4-3-5-19(21)29/h3-12H,2,13H2,1H3,(H,32,34). The lowest BCUT2D eigenvalue weighted by molar-refractivity contribution is -0.118. The molecule has 0 unspecified atom stereocenters. The van der Waals surface area contributed by atoms with Crippen LogP contribution in [-0.4, -0.2) is 28.4 Å². The monoisotopic (exact) mass is 590 g/mol. The molecule has 0 saturated carbocycles. The summed E-state index contributed by atoms with van der Waals surface area (Å²) in [5.41, 5.74) is 0.800. The first-order chi connectivity index (χ1) is 17.3. The van der Waals surface area contributed by atoms with Crippen molar-refractivity contribution in [2.24, 2.45) is 5.10 Å². The number of rotatable bonds is 7. The molecular formula is C25H18BrCl2FN4O3. The molecule has 4 aromatic rings. The highest BCUT2D eigenvalue weighted by Crippen LogP contribution is 2.34. The maximum absolute atomic E-state index is 13.7. The number of halogens is 4. The summed E-state index contributed by atoms with van der Waals surface area (Å²) < 4.78 is 21.2. The van der Waals surface area contributed by atoms with Crippen LogP contribution in [0.4, 0.5) is 10.1 Å². The number of para-hydroxylation sites is 1. The van der Waals surface area contributed by atoms with Crippen LogP contribution in [0.2, 0.25) is 10.0 Å². The fourth-order valence-corrected chi connectivity index (χ4v) is 4.32. The van der Waals surface area contributed by atoms with E-state index in [0.29, 0.717) is 28.7 Å². The number of carbonyl (C=O) groups is 1. The molecule has 3 aromatic carbocycles. The zero-order chi connectivity index (χ0) is 25.8. The average molecular weight is 592 g/mol. The molecule has 0 radical (unpaired) electrons. The summed E-state index contributed by atoms with van der Waals surface area (Å²) in [5.74, 6) is -0.572. The van der Waals surface area contributed by atoms with E-state index in [0.717, 1.165) is 4.47 Å². The molecule has 1 aromatic heterocycles. The van der Waals surface area contributed by atoms with Crippen molar-refractivity contribution < 1.29 is 13.9 Å². The van der Waals surface area contributed by atoms with E-state index in [1.807, 2.05) is 13.0 Å². The fraction of sp³-hybridized carbons (Fsp3) is 0.120. The Balaban J connectivity index is 1.54. The van der Waals surface area contributed by atoms with Crippen LogP contribution < -0.4 is 15.6 Å². The summed E-state index contributed by atoms with van der Waals surface area (Å²) in [7, 11) is 0. The lowest BCUT2D eigenvalue weighted by atomic mass is 10.2. The first kappa shape index (κ1) is 25.8. The van der Waals surface area contributed by atoms with Gasteiger partial charge in [-0.1, -0.05) is 58.2 Å². The smallest absolute Gasteiger partial charge is 0.282 e. The Hall–Kier alpha value is -3.27. The second-order valence-corrected chi connectivity index (χ2v) is 9.27. The third-order valence-corrected chi connectivity index (χ3v) is 6.08. The topological polar surface area (TPSA) is 85.6 Å². The molecule has 0 atom stereocenters. The largest absolute Gasteiger partial charge is 0.481 e. The highest BCUT2D eigenvalue weighted by atomic mass is 79.9. The van der Waals surface area contributed by atoms with Gasteiger partial charge < -0.3 is 10.1 Å². The minimum Gasteiger partial charge on any atom is -0.481 e. The van der Waals surface area contributed by atoms with Gasteiger partial charge in [-0.15, -0.1) is 0 Å². The van der Waals surface area contributed by atoms with Crippen molar-refractivity contribution in [2.75, 3.05) is 11.9 Å². The number of benzene rings is 3. The van der Waals surface area contributed by atoms with E-state index in [-0.39, 0.29) is 27.0 Å². The molecule has 7 nitrogen and oxygen atoms in total. The summed E-state index contributed by atoms with van der Waals surface area (Å²) >= 11 is 16.0. The number of hydrogen-bond donors (Lipinski definition) is 1. The molecule has 0 spiro atoms. The Labute approximate surface area is 223 Å². The molecule has 184 valence electrons. The van der Waals surface area contributed by atoms with Crippen molar-refractivity contribution in [3.8, 4) is 5.75 Å². The third kappa shape index (κ3) is 5.75. The quantitative estimate of drug-likeness (QED) is 0.264. The lowest BCUT2D eigenvalue weighted by Gasteiger charge is -2.11. The van der Waals surface area contributed by atoms with Gasteiger partial charge in [0.2, 0.25) is 0 Å². The second-order valence-electron chi connectivity index (χ2n) is 7.53. The minimum absolute atomic E-state index is 0.0343. The first-order valence-electron chi connectivity index (χ1n) is 10.7. The summed E-state index contributed by atoms with van der Waals surface area (Å²) in [6.45, 7) is 1.44. The lowest BCUT2D eigenvalue weighted by Crippen LogP contribution is -2.22. The van der Waals surface area contributed by atoms with Crippen molar-refractivity contribution in [3.63, 3.8) is 0 Å². The normalized spacial score (nSPS) is 11.2.